The van der Waals surface area contributed by atoms with Crippen molar-refractivity contribution in [2.75, 3.05) is 7.11 Å². The zero-order valence-electron chi connectivity index (χ0n) is 14.4. The number of hydrogen-bond donors (Lipinski definition) is 2. The van der Waals surface area contributed by atoms with Gasteiger partial charge in [0.2, 0.25) is 0 Å². The molecule has 25 heavy (non-hydrogen) atoms. The van der Waals surface area contributed by atoms with Gasteiger partial charge in [-0.3, -0.25) is 4.79 Å². The van der Waals surface area contributed by atoms with Gasteiger partial charge in [0.1, 0.15) is 17.1 Å². The molecule has 2 N–H and O–H groups in total. The largest absolute Gasteiger partial charge is 0.507 e. The van der Waals surface area contributed by atoms with Crippen LogP contribution in [0.1, 0.15) is 28.4 Å². The molecule has 0 fully saturated rings. The van der Waals surface area contributed by atoms with Crippen molar-refractivity contribution in [3.8, 4) is 11.5 Å². The summed E-state index contributed by atoms with van der Waals surface area (Å²) in [6, 6.07) is 11.9. The van der Waals surface area contributed by atoms with Gasteiger partial charge < -0.3 is 19.9 Å². The monoisotopic (exact) mass is 343 g/mol. The normalized spacial score (nSPS) is 11.5. The van der Waals surface area contributed by atoms with Crippen molar-refractivity contribution in [3.05, 3.63) is 59.2 Å². The Hall–Kier alpha value is -3.02. The van der Waals surface area contributed by atoms with Crippen molar-refractivity contribution in [2.45, 2.75) is 26.5 Å². The quantitative estimate of drug-likeness (QED) is 0.788. The highest BCUT2D eigenvalue weighted by atomic mass is 16.5. The van der Waals surface area contributed by atoms with E-state index in [-0.39, 0.29) is 11.3 Å². The van der Waals surface area contributed by atoms with Gasteiger partial charge >= 0.3 is 5.97 Å². The molecule has 0 aromatic heterocycles. The summed E-state index contributed by atoms with van der Waals surface area (Å²) in [5.74, 6) is -0.605. The summed E-state index contributed by atoms with van der Waals surface area (Å²) in [5, 5.41) is 12.5. The highest BCUT2D eigenvalue weighted by Crippen LogP contribution is 2.20. The maximum atomic E-state index is 12.1. The summed E-state index contributed by atoms with van der Waals surface area (Å²) < 4.78 is 10.2. The number of aromatic hydroxyl groups is 1. The zero-order valence-corrected chi connectivity index (χ0v) is 14.4. The summed E-state index contributed by atoms with van der Waals surface area (Å²) in [7, 11) is 1.58. The molecule has 1 atom stereocenters. The molecular weight excluding hydrogens is 322 g/mol. The van der Waals surface area contributed by atoms with Crippen molar-refractivity contribution in [2.24, 2.45) is 0 Å². The fourth-order valence-electron chi connectivity index (χ4n) is 2.17. The van der Waals surface area contributed by atoms with E-state index in [4.69, 9.17) is 9.47 Å². The number of rotatable bonds is 6. The molecule has 0 bridgehead atoms. The molecule has 132 valence electrons. The Morgan fingerprint density at radius 3 is 2.44 bits per heavy atom. The van der Waals surface area contributed by atoms with Gasteiger partial charge in [-0.15, -0.1) is 0 Å². The average molecular weight is 343 g/mol. The van der Waals surface area contributed by atoms with Gasteiger partial charge in [-0.1, -0.05) is 18.2 Å². The number of benzene rings is 2. The molecule has 2 aromatic carbocycles. The van der Waals surface area contributed by atoms with Gasteiger partial charge in [0.05, 0.1) is 7.11 Å². The second kappa shape index (κ2) is 8.19. The molecule has 2 rings (SSSR count). The molecule has 0 aliphatic heterocycles. The third kappa shape index (κ3) is 4.97. The SMILES string of the molecule is COc1ccc(CNC(=O)C(C)OC(=O)c2ccc(C)cc2O)cc1. The lowest BCUT2D eigenvalue weighted by Crippen LogP contribution is -2.35. The van der Waals surface area contributed by atoms with E-state index in [1.807, 2.05) is 12.1 Å². The summed E-state index contributed by atoms with van der Waals surface area (Å²) >= 11 is 0. The second-order valence-electron chi connectivity index (χ2n) is 5.63. The average Bonchev–Trinajstić information content (AvgIpc) is 2.59. The van der Waals surface area contributed by atoms with Crippen LogP contribution in [-0.4, -0.2) is 30.2 Å². The molecule has 6 nitrogen and oxygen atoms in total. The predicted molar refractivity (Wildman–Crippen MR) is 92.6 cm³/mol. The third-order valence-corrected chi connectivity index (χ3v) is 3.65. The molecule has 0 saturated carbocycles. The van der Waals surface area contributed by atoms with Crippen LogP contribution in [0, 0.1) is 6.92 Å². The van der Waals surface area contributed by atoms with Crippen molar-refractivity contribution < 1.29 is 24.2 Å². The number of carbonyl (C=O) groups excluding carboxylic acids is 2. The summed E-state index contributed by atoms with van der Waals surface area (Å²) in [4.78, 5) is 24.1. The smallest absolute Gasteiger partial charge is 0.342 e. The Balaban J connectivity index is 1.89. The predicted octanol–water partition coefficient (Wildman–Crippen LogP) is 2.57. The Bertz CT molecular complexity index is 755. The molecule has 1 amide bonds. The highest BCUT2D eigenvalue weighted by molar-refractivity contribution is 5.94. The Morgan fingerprint density at radius 2 is 1.84 bits per heavy atom. The first-order valence-corrected chi connectivity index (χ1v) is 7.82. The van der Waals surface area contributed by atoms with Gasteiger partial charge in [-0.05, 0) is 49.2 Å². The molecule has 0 aliphatic rings. The van der Waals surface area contributed by atoms with E-state index in [0.717, 1.165) is 16.9 Å². The lowest BCUT2D eigenvalue weighted by molar-refractivity contribution is -0.129. The van der Waals surface area contributed by atoms with Crippen molar-refractivity contribution in [1.29, 1.82) is 0 Å². The topological polar surface area (TPSA) is 84.9 Å². The molecular formula is C19H21NO5. The number of ether oxygens (including phenoxy) is 2. The molecule has 1 unspecified atom stereocenters. The molecule has 2 aromatic rings. The molecule has 0 radical (unpaired) electrons. The van der Waals surface area contributed by atoms with Crippen LogP contribution in [0.4, 0.5) is 0 Å². The number of nitrogens with one attached hydrogen (secondary N) is 1. The third-order valence-electron chi connectivity index (χ3n) is 3.65. The van der Waals surface area contributed by atoms with Crippen LogP contribution in [0.5, 0.6) is 11.5 Å². The number of esters is 1. The fraction of sp³-hybridized carbons (Fsp3) is 0.263. The zero-order chi connectivity index (χ0) is 18.4. The van der Waals surface area contributed by atoms with E-state index >= 15 is 0 Å². The van der Waals surface area contributed by atoms with Crippen molar-refractivity contribution in [1.82, 2.24) is 5.32 Å². The Labute approximate surface area is 146 Å². The van der Waals surface area contributed by atoms with Gasteiger partial charge in [-0.2, -0.15) is 0 Å². The van der Waals surface area contributed by atoms with Crippen LogP contribution >= 0.6 is 0 Å². The first-order valence-electron chi connectivity index (χ1n) is 7.82. The lowest BCUT2D eigenvalue weighted by atomic mass is 10.1. The van der Waals surface area contributed by atoms with Crippen LogP contribution < -0.4 is 10.1 Å². The van der Waals surface area contributed by atoms with Gasteiger partial charge in [0, 0.05) is 6.54 Å². The van der Waals surface area contributed by atoms with Crippen LogP contribution in [0.25, 0.3) is 0 Å². The van der Waals surface area contributed by atoms with E-state index in [1.165, 1.54) is 19.1 Å². The molecule has 0 spiro atoms. The first kappa shape index (κ1) is 18.3. The maximum absolute atomic E-state index is 12.1. The van der Waals surface area contributed by atoms with Crippen LogP contribution in [0.3, 0.4) is 0 Å². The van der Waals surface area contributed by atoms with Crippen molar-refractivity contribution >= 4 is 11.9 Å². The molecule has 0 aliphatic carbocycles. The minimum atomic E-state index is -0.980. The van der Waals surface area contributed by atoms with Gasteiger partial charge in [-0.25, -0.2) is 4.79 Å². The fourth-order valence-corrected chi connectivity index (χ4v) is 2.17. The minimum absolute atomic E-state index is 0.0282. The minimum Gasteiger partial charge on any atom is -0.507 e. The van der Waals surface area contributed by atoms with Crippen molar-refractivity contribution in [3.63, 3.8) is 0 Å². The van der Waals surface area contributed by atoms with Crippen LogP contribution in [0.15, 0.2) is 42.5 Å². The van der Waals surface area contributed by atoms with Gasteiger partial charge in [0.25, 0.3) is 5.91 Å². The second-order valence-corrected chi connectivity index (χ2v) is 5.63. The molecule has 0 heterocycles. The van der Waals surface area contributed by atoms with E-state index < -0.39 is 18.0 Å². The van der Waals surface area contributed by atoms with E-state index in [1.54, 1.807) is 32.2 Å². The number of methoxy groups -OCH3 is 1. The molecule has 0 saturated heterocycles. The maximum Gasteiger partial charge on any atom is 0.342 e. The lowest BCUT2D eigenvalue weighted by Gasteiger charge is -2.14. The Morgan fingerprint density at radius 1 is 1.16 bits per heavy atom. The van der Waals surface area contributed by atoms with Crippen LogP contribution in [0.2, 0.25) is 0 Å². The van der Waals surface area contributed by atoms with E-state index in [0.29, 0.717) is 6.54 Å². The van der Waals surface area contributed by atoms with Gasteiger partial charge in [0.15, 0.2) is 6.10 Å². The highest BCUT2D eigenvalue weighted by Gasteiger charge is 2.20. The summed E-state index contributed by atoms with van der Waals surface area (Å²) in [6.07, 6.45) is -0.980. The number of phenolic OH excluding ortho intramolecular Hbond substituents is 1. The number of amides is 1. The first-order chi connectivity index (χ1) is 11.9. The Kier molecular flexibility index (Phi) is 6.00. The standard InChI is InChI=1S/C19H21NO5/c1-12-4-9-16(17(21)10-12)19(23)25-13(2)18(22)20-11-14-5-7-15(24-3)8-6-14/h4-10,13,21H,11H2,1-3H3,(H,20,22). The number of aryl methyl sites for hydroxylation is 1. The molecule has 6 heteroatoms. The summed E-state index contributed by atoms with van der Waals surface area (Å²) in [5.41, 5.74) is 1.74. The van der Waals surface area contributed by atoms with E-state index in [9.17, 15) is 14.7 Å². The number of hydrogen-bond acceptors (Lipinski definition) is 5. The summed E-state index contributed by atoms with van der Waals surface area (Å²) in [6.45, 7) is 3.58. The number of phenols is 1. The van der Waals surface area contributed by atoms with E-state index in [2.05, 4.69) is 5.32 Å². The van der Waals surface area contributed by atoms with Crippen LogP contribution in [-0.2, 0) is 16.1 Å². The number of carbonyl (C=O) groups is 2.